The van der Waals surface area contributed by atoms with Crippen LogP contribution in [-0.2, 0) is 4.79 Å². The number of allylic oxidation sites excluding steroid dienone is 1. The van der Waals surface area contributed by atoms with Gasteiger partial charge in [0, 0.05) is 11.4 Å². The van der Waals surface area contributed by atoms with Gasteiger partial charge < -0.3 is 15.4 Å². The lowest BCUT2D eigenvalue weighted by Gasteiger charge is -2.26. The van der Waals surface area contributed by atoms with Crippen LogP contribution < -0.4 is 15.4 Å². The molecule has 6 heteroatoms. The first-order valence-corrected chi connectivity index (χ1v) is 9.44. The standard InChI is InChI=1S/C20H21N3O2S/c1-13-17(19(24)22-15-7-5-4-6-8-15)18(23-20(21-13)26-3)14-9-11-16(25-2)12-10-14/h4-12,18H,1-3H3,(H,21,23)(H,22,24)/t18-/m1/s1. The maximum absolute atomic E-state index is 13.0. The van der Waals surface area contributed by atoms with Crippen LogP contribution in [-0.4, -0.2) is 24.4 Å². The number of carbonyl (C=O) groups excluding carboxylic acids is 1. The second kappa shape index (κ2) is 8.10. The highest BCUT2D eigenvalue weighted by molar-refractivity contribution is 8.13. The van der Waals surface area contributed by atoms with Gasteiger partial charge in [0.2, 0.25) is 0 Å². The Kier molecular flexibility index (Phi) is 5.63. The Bertz CT molecular complexity index is 845. The number of amides is 1. The molecule has 0 spiro atoms. The molecular formula is C20H21N3O2S. The first-order valence-electron chi connectivity index (χ1n) is 8.22. The fourth-order valence-electron chi connectivity index (χ4n) is 2.79. The Morgan fingerprint density at radius 3 is 2.46 bits per heavy atom. The van der Waals surface area contributed by atoms with Crippen molar-refractivity contribution >= 4 is 28.5 Å². The number of amidine groups is 1. The lowest BCUT2D eigenvalue weighted by atomic mass is 9.95. The van der Waals surface area contributed by atoms with E-state index in [1.165, 1.54) is 11.8 Å². The van der Waals surface area contributed by atoms with Crippen LogP contribution in [0.5, 0.6) is 5.75 Å². The van der Waals surface area contributed by atoms with Gasteiger partial charge >= 0.3 is 0 Å². The topological polar surface area (TPSA) is 62.7 Å². The molecule has 0 radical (unpaired) electrons. The van der Waals surface area contributed by atoms with Gasteiger partial charge in [-0.15, -0.1) is 0 Å². The molecule has 0 unspecified atom stereocenters. The number of methoxy groups -OCH3 is 1. The van der Waals surface area contributed by atoms with E-state index in [4.69, 9.17) is 9.73 Å². The Labute approximate surface area is 157 Å². The summed E-state index contributed by atoms with van der Waals surface area (Å²) in [5.41, 5.74) is 3.11. The number of thioether (sulfide) groups is 1. The summed E-state index contributed by atoms with van der Waals surface area (Å²) in [4.78, 5) is 17.7. The summed E-state index contributed by atoms with van der Waals surface area (Å²) in [5, 5.41) is 6.96. The molecule has 1 atom stereocenters. The van der Waals surface area contributed by atoms with Crippen molar-refractivity contribution in [1.82, 2.24) is 5.32 Å². The molecular weight excluding hydrogens is 346 g/mol. The van der Waals surface area contributed by atoms with E-state index in [1.807, 2.05) is 67.8 Å². The van der Waals surface area contributed by atoms with Crippen molar-refractivity contribution in [3.8, 4) is 5.75 Å². The number of benzene rings is 2. The van der Waals surface area contributed by atoms with Gasteiger partial charge in [0.15, 0.2) is 5.17 Å². The summed E-state index contributed by atoms with van der Waals surface area (Å²) >= 11 is 1.52. The predicted molar refractivity (Wildman–Crippen MR) is 108 cm³/mol. The molecule has 0 saturated heterocycles. The van der Waals surface area contributed by atoms with Crippen LogP contribution in [0.4, 0.5) is 5.69 Å². The normalized spacial score (nSPS) is 16.6. The molecule has 1 heterocycles. The third-order valence-electron chi connectivity index (χ3n) is 4.12. The molecule has 26 heavy (non-hydrogen) atoms. The number of nitrogens with one attached hydrogen (secondary N) is 2. The van der Waals surface area contributed by atoms with Gasteiger partial charge in [-0.25, -0.2) is 4.99 Å². The molecule has 0 bridgehead atoms. The van der Waals surface area contributed by atoms with E-state index in [-0.39, 0.29) is 11.9 Å². The highest BCUT2D eigenvalue weighted by Crippen LogP contribution is 2.33. The fraction of sp³-hybridized carbons (Fsp3) is 0.200. The Morgan fingerprint density at radius 2 is 1.85 bits per heavy atom. The minimum Gasteiger partial charge on any atom is -0.497 e. The van der Waals surface area contributed by atoms with E-state index < -0.39 is 0 Å². The van der Waals surface area contributed by atoms with Gasteiger partial charge in [-0.3, -0.25) is 4.79 Å². The van der Waals surface area contributed by atoms with Crippen LogP contribution in [0.2, 0.25) is 0 Å². The molecule has 0 aliphatic carbocycles. The minimum absolute atomic E-state index is 0.161. The lowest BCUT2D eigenvalue weighted by molar-refractivity contribution is -0.113. The number of hydrogen-bond donors (Lipinski definition) is 2. The highest BCUT2D eigenvalue weighted by atomic mass is 32.2. The number of aliphatic imine (C=N–C) groups is 1. The van der Waals surface area contributed by atoms with Gasteiger partial charge in [-0.1, -0.05) is 42.1 Å². The zero-order chi connectivity index (χ0) is 18.5. The second-order valence-corrected chi connectivity index (χ2v) is 6.59. The number of para-hydroxylation sites is 1. The molecule has 1 amide bonds. The summed E-state index contributed by atoms with van der Waals surface area (Å²) in [6, 6.07) is 16.7. The number of rotatable bonds is 4. The molecule has 3 rings (SSSR count). The molecule has 2 aromatic rings. The zero-order valence-corrected chi connectivity index (χ0v) is 15.8. The SMILES string of the molecule is COc1ccc([C@H]2N=C(SC)NC(C)=C2C(=O)Nc2ccccc2)cc1. The van der Waals surface area contributed by atoms with Crippen LogP contribution in [0.3, 0.4) is 0 Å². The third-order valence-corrected chi connectivity index (χ3v) is 4.71. The number of hydrogen-bond acceptors (Lipinski definition) is 5. The number of ether oxygens (including phenoxy) is 1. The first-order chi connectivity index (χ1) is 12.6. The Hall–Kier alpha value is -2.73. The predicted octanol–water partition coefficient (Wildman–Crippen LogP) is 3.97. The van der Waals surface area contributed by atoms with Crippen LogP contribution in [0.25, 0.3) is 0 Å². The van der Waals surface area contributed by atoms with E-state index in [1.54, 1.807) is 7.11 Å². The van der Waals surface area contributed by atoms with E-state index in [2.05, 4.69) is 10.6 Å². The van der Waals surface area contributed by atoms with Gasteiger partial charge in [-0.2, -0.15) is 0 Å². The van der Waals surface area contributed by atoms with E-state index in [0.717, 1.165) is 27.9 Å². The molecule has 1 aliphatic rings. The van der Waals surface area contributed by atoms with Gasteiger partial charge in [0.25, 0.3) is 5.91 Å². The first kappa shape index (κ1) is 18.1. The van der Waals surface area contributed by atoms with Crippen molar-refractivity contribution in [2.75, 3.05) is 18.7 Å². The van der Waals surface area contributed by atoms with Crippen LogP contribution in [0, 0.1) is 0 Å². The molecule has 0 aromatic heterocycles. The van der Waals surface area contributed by atoms with Crippen molar-refractivity contribution in [2.45, 2.75) is 13.0 Å². The van der Waals surface area contributed by atoms with Gasteiger partial charge in [0.1, 0.15) is 11.8 Å². The van der Waals surface area contributed by atoms with E-state index in [0.29, 0.717) is 5.57 Å². The van der Waals surface area contributed by atoms with E-state index >= 15 is 0 Å². The number of carbonyl (C=O) groups is 1. The quantitative estimate of drug-likeness (QED) is 0.858. The maximum atomic E-state index is 13.0. The summed E-state index contributed by atoms with van der Waals surface area (Å²) in [7, 11) is 1.63. The van der Waals surface area contributed by atoms with Crippen LogP contribution >= 0.6 is 11.8 Å². The molecule has 2 aromatic carbocycles. The van der Waals surface area contributed by atoms with Crippen molar-refractivity contribution in [3.05, 3.63) is 71.4 Å². The molecule has 0 saturated carbocycles. The zero-order valence-electron chi connectivity index (χ0n) is 14.9. The van der Waals surface area contributed by atoms with Crippen molar-refractivity contribution in [3.63, 3.8) is 0 Å². The smallest absolute Gasteiger partial charge is 0.255 e. The fourth-order valence-corrected chi connectivity index (χ4v) is 3.26. The van der Waals surface area contributed by atoms with Crippen molar-refractivity contribution in [1.29, 1.82) is 0 Å². The third kappa shape index (κ3) is 3.91. The molecule has 5 nitrogen and oxygen atoms in total. The summed E-state index contributed by atoms with van der Waals surface area (Å²) < 4.78 is 5.23. The second-order valence-electron chi connectivity index (χ2n) is 5.80. The van der Waals surface area contributed by atoms with Crippen molar-refractivity contribution in [2.24, 2.45) is 4.99 Å². The maximum Gasteiger partial charge on any atom is 0.255 e. The molecule has 0 fully saturated rings. The lowest BCUT2D eigenvalue weighted by Crippen LogP contribution is -2.31. The summed E-state index contributed by atoms with van der Waals surface area (Å²) in [6.07, 6.45) is 1.96. The summed E-state index contributed by atoms with van der Waals surface area (Å²) in [6.45, 7) is 1.90. The largest absolute Gasteiger partial charge is 0.497 e. The number of anilines is 1. The number of nitrogens with zero attached hydrogens (tertiary/aromatic N) is 1. The van der Waals surface area contributed by atoms with Crippen molar-refractivity contribution < 1.29 is 9.53 Å². The summed E-state index contributed by atoms with van der Waals surface area (Å²) in [5.74, 6) is 0.610. The Balaban J connectivity index is 1.95. The molecule has 2 N–H and O–H groups in total. The van der Waals surface area contributed by atoms with E-state index in [9.17, 15) is 4.79 Å². The monoisotopic (exact) mass is 367 g/mol. The average molecular weight is 367 g/mol. The van der Waals surface area contributed by atoms with Gasteiger partial charge in [-0.05, 0) is 43.0 Å². The average Bonchev–Trinajstić information content (AvgIpc) is 2.68. The molecule has 1 aliphatic heterocycles. The highest BCUT2D eigenvalue weighted by Gasteiger charge is 2.29. The molecule has 134 valence electrons. The minimum atomic E-state index is -0.367. The van der Waals surface area contributed by atoms with Gasteiger partial charge in [0.05, 0.1) is 12.7 Å². The Morgan fingerprint density at radius 1 is 1.15 bits per heavy atom. The van der Waals surface area contributed by atoms with Crippen LogP contribution in [0.15, 0.2) is 70.9 Å². The van der Waals surface area contributed by atoms with Crippen LogP contribution in [0.1, 0.15) is 18.5 Å².